The topological polar surface area (TPSA) is 75.3 Å². The van der Waals surface area contributed by atoms with Crippen LogP contribution in [-0.2, 0) is 10.2 Å². The lowest BCUT2D eigenvalue weighted by Gasteiger charge is -2.19. The summed E-state index contributed by atoms with van der Waals surface area (Å²) in [5, 5.41) is 5.25. The maximum atomic E-state index is 12.3. The molecule has 0 radical (unpaired) electrons. The highest BCUT2D eigenvalue weighted by atomic mass is 16.2. The van der Waals surface area contributed by atoms with Gasteiger partial charge in [0.2, 0.25) is 5.91 Å². The lowest BCUT2D eigenvalue weighted by Crippen LogP contribution is -2.21. The van der Waals surface area contributed by atoms with Crippen LogP contribution in [0.15, 0.2) is 48.5 Å². The minimum absolute atomic E-state index is 0.0274. The molecule has 2 aromatic rings. The monoisotopic (exact) mass is 366 g/mol. The standard InChI is InChI=1S/C22H26N2O3/c1-22(2,3)16-11-9-15(10-12-16)19(25)13-14-20(26)24-18-8-6-5-7-17(18)21(27)23-4/h5-12H,13-14H2,1-4H3,(H,23,27)(H,24,26). The van der Waals surface area contributed by atoms with E-state index in [2.05, 4.69) is 31.4 Å². The van der Waals surface area contributed by atoms with Crippen LogP contribution in [0.25, 0.3) is 0 Å². The Morgan fingerprint density at radius 1 is 0.889 bits per heavy atom. The van der Waals surface area contributed by atoms with Crippen molar-refractivity contribution in [2.24, 2.45) is 0 Å². The molecule has 142 valence electrons. The van der Waals surface area contributed by atoms with Crippen LogP contribution in [0.1, 0.15) is 59.9 Å². The largest absolute Gasteiger partial charge is 0.355 e. The van der Waals surface area contributed by atoms with E-state index in [4.69, 9.17) is 0 Å². The number of hydrogen-bond acceptors (Lipinski definition) is 3. The number of nitrogens with one attached hydrogen (secondary N) is 2. The zero-order chi connectivity index (χ0) is 20.0. The second-order valence-electron chi connectivity index (χ2n) is 7.42. The van der Waals surface area contributed by atoms with Gasteiger partial charge in [-0.05, 0) is 23.1 Å². The van der Waals surface area contributed by atoms with E-state index < -0.39 is 0 Å². The first-order chi connectivity index (χ1) is 12.7. The molecule has 0 spiro atoms. The predicted molar refractivity (Wildman–Crippen MR) is 107 cm³/mol. The van der Waals surface area contributed by atoms with Crippen LogP contribution in [0.4, 0.5) is 5.69 Å². The molecule has 0 fully saturated rings. The zero-order valence-electron chi connectivity index (χ0n) is 16.3. The first-order valence-corrected chi connectivity index (χ1v) is 8.97. The van der Waals surface area contributed by atoms with Crippen LogP contribution < -0.4 is 10.6 Å². The van der Waals surface area contributed by atoms with Crippen molar-refractivity contribution in [3.63, 3.8) is 0 Å². The quantitative estimate of drug-likeness (QED) is 0.760. The van der Waals surface area contributed by atoms with E-state index in [9.17, 15) is 14.4 Å². The molecular weight excluding hydrogens is 340 g/mol. The highest BCUT2D eigenvalue weighted by Crippen LogP contribution is 2.22. The Labute approximate surface area is 160 Å². The number of carbonyl (C=O) groups is 3. The first kappa shape index (κ1) is 20.4. The van der Waals surface area contributed by atoms with E-state index >= 15 is 0 Å². The van der Waals surface area contributed by atoms with Crippen molar-refractivity contribution < 1.29 is 14.4 Å². The van der Waals surface area contributed by atoms with Crippen molar-refractivity contribution in [1.82, 2.24) is 5.32 Å². The number of carbonyl (C=O) groups excluding carboxylic acids is 3. The van der Waals surface area contributed by atoms with Gasteiger partial charge in [-0.25, -0.2) is 0 Å². The van der Waals surface area contributed by atoms with Gasteiger partial charge in [0.05, 0.1) is 11.3 Å². The molecule has 27 heavy (non-hydrogen) atoms. The molecule has 2 N–H and O–H groups in total. The molecule has 5 heteroatoms. The number of hydrogen-bond donors (Lipinski definition) is 2. The van der Waals surface area contributed by atoms with Gasteiger partial charge in [-0.2, -0.15) is 0 Å². The summed E-state index contributed by atoms with van der Waals surface area (Å²) < 4.78 is 0. The Hall–Kier alpha value is -2.95. The van der Waals surface area contributed by atoms with Crippen LogP contribution in [0.3, 0.4) is 0 Å². The lowest BCUT2D eigenvalue weighted by molar-refractivity contribution is -0.116. The van der Waals surface area contributed by atoms with Gasteiger partial charge in [0.25, 0.3) is 5.91 Å². The molecule has 0 bridgehead atoms. The van der Waals surface area contributed by atoms with E-state index in [1.807, 2.05) is 24.3 Å². The van der Waals surface area contributed by atoms with Crippen LogP contribution in [0.2, 0.25) is 0 Å². The molecule has 5 nitrogen and oxygen atoms in total. The summed E-state index contributed by atoms with van der Waals surface area (Å²) in [6, 6.07) is 14.3. The number of rotatable bonds is 6. The average Bonchev–Trinajstić information content (AvgIpc) is 2.65. The number of anilines is 1. The Balaban J connectivity index is 1.96. The van der Waals surface area contributed by atoms with Gasteiger partial charge >= 0.3 is 0 Å². The van der Waals surface area contributed by atoms with E-state index in [0.717, 1.165) is 5.56 Å². The summed E-state index contributed by atoms with van der Waals surface area (Å²) in [7, 11) is 1.53. The molecule has 0 aromatic heterocycles. The fourth-order valence-electron chi connectivity index (χ4n) is 2.67. The van der Waals surface area contributed by atoms with Gasteiger partial charge in [0.15, 0.2) is 5.78 Å². The highest BCUT2D eigenvalue weighted by Gasteiger charge is 2.16. The summed E-state index contributed by atoms with van der Waals surface area (Å²) in [5.74, 6) is -0.655. The van der Waals surface area contributed by atoms with Gasteiger partial charge in [0, 0.05) is 25.5 Å². The number of benzene rings is 2. The van der Waals surface area contributed by atoms with Gasteiger partial charge < -0.3 is 10.6 Å². The van der Waals surface area contributed by atoms with Gasteiger partial charge in [0.1, 0.15) is 0 Å². The summed E-state index contributed by atoms with van der Waals surface area (Å²) >= 11 is 0. The van der Waals surface area contributed by atoms with Crippen molar-refractivity contribution in [2.75, 3.05) is 12.4 Å². The maximum absolute atomic E-state index is 12.3. The Morgan fingerprint density at radius 2 is 1.52 bits per heavy atom. The molecule has 2 aromatic carbocycles. The molecule has 0 saturated heterocycles. The Kier molecular flexibility index (Phi) is 6.50. The molecule has 2 rings (SSSR count). The van der Waals surface area contributed by atoms with Crippen molar-refractivity contribution in [3.8, 4) is 0 Å². The van der Waals surface area contributed by atoms with Crippen molar-refractivity contribution in [3.05, 3.63) is 65.2 Å². The summed E-state index contributed by atoms with van der Waals surface area (Å²) in [5.41, 5.74) is 2.60. The van der Waals surface area contributed by atoms with Gasteiger partial charge in [-0.1, -0.05) is 57.2 Å². The number of ketones is 1. The van der Waals surface area contributed by atoms with E-state index in [-0.39, 0.29) is 35.9 Å². The smallest absolute Gasteiger partial charge is 0.253 e. The summed E-state index contributed by atoms with van der Waals surface area (Å²) in [6.07, 6.45) is 0.171. The van der Waals surface area contributed by atoms with E-state index in [1.165, 1.54) is 7.05 Å². The van der Waals surface area contributed by atoms with Crippen LogP contribution in [0, 0.1) is 0 Å². The summed E-state index contributed by atoms with van der Waals surface area (Å²) in [4.78, 5) is 36.4. The van der Waals surface area contributed by atoms with Crippen molar-refractivity contribution >= 4 is 23.3 Å². The number of amides is 2. The number of para-hydroxylation sites is 1. The highest BCUT2D eigenvalue weighted by molar-refractivity contribution is 6.05. The maximum Gasteiger partial charge on any atom is 0.253 e. The molecule has 0 aliphatic heterocycles. The van der Waals surface area contributed by atoms with Crippen LogP contribution in [0.5, 0.6) is 0 Å². The van der Waals surface area contributed by atoms with E-state index in [0.29, 0.717) is 16.8 Å². The Bertz CT molecular complexity index is 833. The zero-order valence-corrected chi connectivity index (χ0v) is 16.3. The third kappa shape index (κ3) is 5.51. The normalized spacial score (nSPS) is 11.0. The minimum atomic E-state index is -0.300. The second-order valence-corrected chi connectivity index (χ2v) is 7.42. The molecule has 0 atom stereocenters. The molecule has 0 aliphatic rings. The SMILES string of the molecule is CNC(=O)c1ccccc1NC(=O)CCC(=O)c1ccc(C(C)(C)C)cc1. The van der Waals surface area contributed by atoms with E-state index in [1.54, 1.807) is 24.3 Å². The fourth-order valence-corrected chi connectivity index (χ4v) is 2.67. The number of Topliss-reactive ketones (excluding diaryl/α,β-unsaturated/α-hetero) is 1. The third-order valence-electron chi connectivity index (χ3n) is 4.32. The summed E-state index contributed by atoms with van der Waals surface area (Å²) in [6.45, 7) is 6.35. The van der Waals surface area contributed by atoms with Gasteiger partial charge in [-0.15, -0.1) is 0 Å². The predicted octanol–water partition coefficient (Wildman–Crippen LogP) is 3.95. The second kappa shape index (κ2) is 8.62. The van der Waals surface area contributed by atoms with Crippen LogP contribution >= 0.6 is 0 Å². The average molecular weight is 366 g/mol. The molecule has 2 amide bonds. The molecule has 0 aliphatic carbocycles. The molecule has 0 unspecified atom stereocenters. The third-order valence-corrected chi connectivity index (χ3v) is 4.32. The molecular formula is C22H26N2O3. The Morgan fingerprint density at radius 3 is 2.11 bits per heavy atom. The van der Waals surface area contributed by atoms with Crippen molar-refractivity contribution in [1.29, 1.82) is 0 Å². The van der Waals surface area contributed by atoms with Gasteiger partial charge in [-0.3, -0.25) is 14.4 Å². The van der Waals surface area contributed by atoms with Crippen molar-refractivity contribution in [2.45, 2.75) is 39.0 Å². The first-order valence-electron chi connectivity index (χ1n) is 8.97. The lowest BCUT2D eigenvalue weighted by atomic mass is 9.86. The molecule has 0 heterocycles. The molecule has 0 saturated carbocycles. The fraction of sp³-hybridized carbons (Fsp3) is 0.318. The van der Waals surface area contributed by atoms with Crippen LogP contribution in [-0.4, -0.2) is 24.6 Å². The minimum Gasteiger partial charge on any atom is -0.355 e.